The minimum Gasteiger partial charge on any atom is -0.485 e. The molecule has 2 saturated carbocycles. The molecule has 6 heteroatoms. The zero-order valence-corrected chi connectivity index (χ0v) is 21.6. The van der Waals surface area contributed by atoms with E-state index in [2.05, 4.69) is 18.3 Å². The molecule has 1 heterocycles. The Kier molecular flexibility index (Phi) is 7.59. The predicted octanol–water partition coefficient (Wildman–Crippen LogP) is 6.94. The van der Waals surface area contributed by atoms with Crippen LogP contribution in [-0.2, 0) is 11.4 Å². The SMILES string of the molecule is Cc1cccc(OCc2nc3ccc(F)cc3n2C(C(=O)NC2CCCCC2)C2CCCCC2)c1C. The van der Waals surface area contributed by atoms with Gasteiger partial charge in [-0.3, -0.25) is 4.79 Å². The Bertz CT molecular complexity index is 1210. The summed E-state index contributed by atoms with van der Waals surface area (Å²) in [6, 6.07) is 10.5. The second-order valence-corrected chi connectivity index (χ2v) is 10.7. The van der Waals surface area contributed by atoms with Gasteiger partial charge in [0.15, 0.2) is 0 Å². The van der Waals surface area contributed by atoms with E-state index in [4.69, 9.17) is 9.72 Å². The molecule has 0 aliphatic heterocycles. The Morgan fingerprint density at radius 3 is 2.53 bits per heavy atom. The first-order valence-electron chi connectivity index (χ1n) is 13.7. The average molecular weight is 492 g/mol. The number of nitrogens with zero attached hydrogens (tertiary/aromatic N) is 2. The van der Waals surface area contributed by atoms with E-state index in [-0.39, 0.29) is 30.3 Å². The molecule has 5 nitrogen and oxygen atoms in total. The van der Waals surface area contributed by atoms with Crippen molar-refractivity contribution >= 4 is 16.9 Å². The van der Waals surface area contributed by atoms with Crippen LogP contribution < -0.4 is 10.1 Å². The summed E-state index contributed by atoms with van der Waals surface area (Å²) in [6.07, 6.45) is 11.1. The summed E-state index contributed by atoms with van der Waals surface area (Å²) in [6.45, 7) is 4.33. The Labute approximate surface area is 213 Å². The molecule has 0 bridgehead atoms. The number of aryl methyl sites for hydroxylation is 1. The van der Waals surface area contributed by atoms with Gasteiger partial charge in [-0.15, -0.1) is 0 Å². The third-order valence-electron chi connectivity index (χ3n) is 8.23. The van der Waals surface area contributed by atoms with Crippen LogP contribution in [0.3, 0.4) is 0 Å². The van der Waals surface area contributed by atoms with Gasteiger partial charge in [0.25, 0.3) is 0 Å². The van der Waals surface area contributed by atoms with Crippen LogP contribution in [0.15, 0.2) is 36.4 Å². The number of rotatable bonds is 7. The standard InChI is InChI=1S/C30H38FN3O2/c1-20-10-9-15-27(21(20)2)36-19-28-33-25-17-16-23(31)18-26(25)34(28)29(22-11-5-3-6-12-22)30(35)32-24-13-7-4-8-14-24/h9-10,15-18,22,24,29H,3-8,11-14,19H2,1-2H3,(H,32,35). The molecular weight excluding hydrogens is 453 g/mol. The minimum atomic E-state index is -0.420. The van der Waals surface area contributed by atoms with Gasteiger partial charge in [-0.25, -0.2) is 9.37 Å². The number of benzene rings is 2. The number of hydrogen-bond acceptors (Lipinski definition) is 3. The molecule has 1 amide bonds. The highest BCUT2D eigenvalue weighted by atomic mass is 19.1. The molecule has 1 atom stereocenters. The summed E-state index contributed by atoms with van der Waals surface area (Å²) in [5.41, 5.74) is 3.62. The molecule has 36 heavy (non-hydrogen) atoms. The number of hydrogen-bond donors (Lipinski definition) is 1. The molecule has 2 aromatic carbocycles. The van der Waals surface area contributed by atoms with Gasteiger partial charge in [-0.1, -0.05) is 50.7 Å². The maximum absolute atomic E-state index is 14.5. The minimum absolute atomic E-state index is 0.0466. The lowest BCUT2D eigenvalue weighted by Crippen LogP contribution is -2.44. The lowest BCUT2D eigenvalue weighted by molar-refractivity contribution is -0.127. The highest BCUT2D eigenvalue weighted by Gasteiger charge is 2.35. The molecule has 1 N–H and O–H groups in total. The number of halogens is 1. The first kappa shape index (κ1) is 24.8. The Morgan fingerprint density at radius 1 is 1.06 bits per heavy atom. The van der Waals surface area contributed by atoms with Gasteiger partial charge in [-0.2, -0.15) is 0 Å². The van der Waals surface area contributed by atoms with Crippen molar-refractivity contribution in [2.24, 2.45) is 5.92 Å². The maximum Gasteiger partial charge on any atom is 0.243 e. The van der Waals surface area contributed by atoms with Crippen molar-refractivity contribution in [3.05, 3.63) is 59.2 Å². The van der Waals surface area contributed by atoms with E-state index in [0.29, 0.717) is 16.9 Å². The molecule has 192 valence electrons. The van der Waals surface area contributed by atoms with Crippen LogP contribution in [0, 0.1) is 25.6 Å². The first-order valence-corrected chi connectivity index (χ1v) is 13.7. The predicted molar refractivity (Wildman–Crippen MR) is 141 cm³/mol. The van der Waals surface area contributed by atoms with E-state index in [1.54, 1.807) is 6.07 Å². The molecule has 0 radical (unpaired) electrons. The van der Waals surface area contributed by atoms with E-state index in [9.17, 15) is 9.18 Å². The van der Waals surface area contributed by atoms with Crippen LogP contribution in [0.1, 0.15) is 87.2 Å². The monoisotopic (exact) mass is 491 g/mol. The number of imidazole rings is 1. The van der Waals surface area contributed by atoms with E-state index >= 15 is 0 Å². The number of aromatic nitrogens is 2. The molecular formula is C30H38FN3O2. The van der Waals surface area contributed by atoms with Crippen molar-refractivity contribution in [2.45, 2.75) is 96.7 Å². The fourth-order valence-corrected chi connectivity index (χ4v) is 6.08. The smallest absolute Gasteiger partial charge is 0.243 e. The average Bonchev–Trinajstić information content (AvgIpc) is 3.23. The van der Waals surface area contributed by atoms with Gasteiger partial charge < -0.3 is 14.6 Å². The van der Waals surface area contributed by atoms with Crippen LogP contribution >= 0.6 is 0 Å². The van der Waals surface area contributed by atoms with Crippen molar-refractivity contribution in [3.8, 4) is 5.75 Å². The van der Waals surface area contributed by atoms with Crippen LogP contribution in [0.4, 0.5) is 4.39 Å². The Hall–Kier alpha value is -2.89. The fourth-order valence-electron chi connectivity index (χ4n) is 6.08. The molecule has 1 aromatic heterocycles. The highest BCUT2D eigenvalue weighted by Crippen LogP contribution is 2.37. The lowest BCUT2D eigenvalue weighted by atomic mass is 9.83. The van der Waals surface area contributed by atoms with Crippen molar-refractivity contribution in [3.63, 3.8) is 0 Å². The molecule has 3 aromatic rings. The third kappa shape index (κ3) is 5.28. The number of nitrogens with one attached hydrogen (secondary N) is 1. The van der Waals surface area contributed by atoms with E-state index in [1.807, 2.05) is 23.6 Å². The Balaban J connectivity index is 1.53. The summed E-state index contributed by atoms with van der Waals surface area (Å²) in [7, 11) is 0. The van der Waals surface area contributed by atoms with Crippen molar-refractivity contribution < 1.29 is 13.9 Å². The molecule has 2 aliphatic carbocycles. The quantitative estimate of drug-likeness (QED) is 0.389. The van der Waals surface area contributed by atoms with Gasteiger partial charge in [0.1, 0.15) is 30.0 Å². The molecule has 2 fully saturated rings. The van der Waals surface area contributed by atoms with Crippen molar-refractivity contribution in [1.29, 1.82) is 0 Å². The number of fused-ring (bicyclic) bond motifs is 1. The fraction of sp³-hybridized carbons (Fsp3) is 0.533. The number of amides is 1. The van der Waals surface area contributed by atoms with Crippen molar-refractivity contribution in [2.75, 3.05) is 0 Å². The zero-order valence-electron chi connectivity index (χ0n) is 21.6. The summed E-state index contributed by atoms with van der Waals surface area (Å²) in [5, 5.41) is 3.38. The number of carbonyl (C=O) groups excluding carboxylic acids is 1. The summed E-state index contributed by atoms with van der Waals surface area (Å²) in [5.74, 6) is 1.40. The Morgan fingerprint density at radius 2 is 1.78 bits per heavy atom. The number of ether oxygens (including phenoxy) is 1. The maximum atomic E-state index is 14.5. The topological polar surface area (TPSA) is 56.2 Å². The van der Waals surface area contributed by atoms with Crippen LogP contribution in [0.25, 0.3) is 11.0 Å². The van der Waals surface area contributed by atoms with Crippen molar-refractivity contribution in [1.82, 2.24) is 14.9 Å². The van der Waals surface area contributed by atoms with Gasteiger partial charge in [0.05, 0.1) is 11.0 Å². The first-order chi connectivity index (χ1) is 17.5. The van der Waals surface area contributed by atoms with Gasteiger partial charge >= 0.3 is 0 Å². The van der Waals surface area contributed by atoms with Crippen LogP contribution in [0.2, 0.25) is 0 Å². The molecule has 0 spiro atoms. The zero-order chi connectivity index (χ0) is 25.1. The summed E-state index contributed by atoms with van der Waals surface area (Å²) >= 11 is 0. The van der Waals surface area contributed by atoms with E-state index < -0.39 is 6.04 Å². The van der Waals surface area contributed by atoms with Gasteiger partial charge in [-0.05, 0) is 80.8 Å². The third-order valence-corrected chi connectivity index (χ3v) is 8.23. The highest BCUT2D eigenvalue weighted by molar-refractivity contribution is 5.85. The van der Waals surface area contributed by atoms with E-state index in [0.717, 1.165) is 68.2 Å². The summed E-state index contributed by atoms with van der Waals surface area (Å²) < 4.78 is 22.7. The summed E-state index contributed by atoms with van der Waals surface area (Å²) in [4.78, 5) is 18.8. The lowest BCUT2D eigenvalue weighted by Gasteiger charge is -2.33. The van der Waals surface area contributed by atoms with Crippen LogP contribution in [0.5, 0.6) is 5.75 Å². The van der Waals surface area contributed by atoms with E-state index in [1.165, 1.54) is 25.0 Å². The second-order valence-electron chi connectivity index (χ2n) is 10.7. The second kappa shape index (κ2) is 11.0. The van der Waals surface area contributed by atoms with Crippen LogP contribution in [-0.4, -0.2) is 21.5 Å². The molecule has 2 aliphatic rings. The normalized spacial score (nSPS) is 18.3. The van der Waals surface area contributed by atoms with Gasteiger partial charge in [0.2, 0.25) is 5.91 Å². The molecule has 5 rings (SSSR count). The molecule has 0 saturated heterocycles. The number of carbonyl (C=O) groups is 1. The largest absolute Gasteiger partial charge is 0.485 e. The molecule has 1 unspecified atom stereocenters. The van der Waals surface area contributed by atoms with Gasteiger partial charge in [0, 0.05) is 6.04 Å².